The van der Waals surface area contributed by atoms with Gasteiger partial charge in [-0.05, 0) is 48.9 Å². The Morgan fingerprint density at radius 1 is 1.21 bits per heavy atom. The number of carboxylic acid groups (broad SMARTS) is 1. The molecule has 1 heterocycles. The summed E-state index contributed by atoms with van der Waals surface area (Å²) in [6, 6.07) is 11.5. The van der Waals surface area contributed by atoms with E-state index in [1.165, 1.54) is 23.3 Å². The SMILES string of the molecule is Cc1nc(C(=O)NC2C3CCc4ccccc4C32)ccc1C(=O)O. The molecule has 2 aliphatic rings. The van der Waals surface area contributed by atoms with Gasteiger partial charge in [0.15, 0.2) is 0 Å². The molecule has 3 unspecified atom stereocenters. The number of nitrogens with one attached hydrogen (secondary N) is 1. The highest BCUT2D eigenvalue weighted by atomic mass is 16.4. The average molecular weight is 322 g/mol. The summed E-state index contributed by atoms with van der Waals surface area (Å²) in [5.74, 6) is -0.356. The number of amides is 1. The van der Waals surface area contributed by atoms with Crippen LogP contribution in [0.4, 0.5) is 0 Å². The van der Waals surface area contributed by atoms with Crippen molar-refractivity contribution in [2.45, 2.75) is 31.7 Å². The zero-order valence-electron chi connectivity index (χ0n) is 13.3. The lowest BCUT2D eigenvalue weighted by atomic mass is 9.92. The highest BCUT2D eigenvalue weighted by Crippen LogP contribution is 2.54. The van der Waals surface area contributed by atoms with E-state index in [2.05, 4.69) is 28.5 Å². The number of rotatable bonds is 3. The van der Waals surface area contributed by atoms with Crippen molar-refractivity contribution >= 4 is 11.9 Å². The van der Waals surface area contributed by atoms with Crippen LogP contribution in [0.3, 0.4) is 0 Å². The van der Waals surface area contributed by atoms with Crippen LogP contribution >= 0.6 is 0 Å². The molecule has 0 saturated heterocycles. The Hall–Kier alpha value is -2.69. The first-order valence-electron chi connectivity index (χ1n) is 8.16. The fraction of sp³-hybridized carbons (Fsp3) is 0.316. The minimum Gasteiger partial charge on any atom is -0.478 e. The van der Waals surface area contributed by atoms with Gasteiger partial charge in [-0.2, -0.15) is 0 Å². The number of aryl methyl sites for hydroxylation is 2. The third-order valence-corrected chi connectivity index (χ3v) is 5.18. The minimum absolute atomic E-state index is 0.126. The van der Waals surface area contributed by atoms with Gasteiger partial charge in [0.1, 0.15) is 5.69 Å². The van der Waals surface area contributed by atoms with E-state index in [9.17, 15) is 9.59 Å². The van der Waals surface area contributed by atoms with E-state index in [1.807, 2.05) is 6.07 Å². The van der Waals surface area contributed by atoms with Gasteiger partial charge >= 0.3 is 5.97 Å². The van der Waals surface area contributed by atoms with Gasteiger partial charge in [0.25, 0.3) is 5.91 Å². The maximum absolute atomic E-state index is 12.5. The number of aromatic carboxylic acids is 1. The predicted octanol–water partition coefficient (Wildman–Crippen LogP) is 2.55. The molecule has 5 nitrogen and oxygen atoms in total. The molecule has 122 valence electrons. The second-order valence-electron chi connectivity index (χ2n) is 6.56. The van der Waals surface area contributed by atoms with Crippen LogP contribution < -0.4 is 5.32 Å². The molecule has 2 aromatic rings. The van der Waals surface area contributed by atoms with Gasteiger partial charge in [0.2, 0.25) is 0 Å². The monoisotopic (exact) mass is 322 g/mol. The first kappa shape index (κ1) is 14.9. The predicted molar refractivity (Wildman–Crippen MR) is 88.2 cm³/mol. The van der Waals surface area contributed by atoms with Crippen molar-refractivity contribution < 1.29 is 14.7 Å². The van der Waals surface area contributed by atoms with Gasteiger partial charge in [-0.15, -0.1) is 0 Å². The van der Waals surface area contributed by atoms with Crippen LogP contribution in [0.5, 0.6) is 0 Å². The van der Waals surface area contributed by atoms with Gasteiger partial charge in [0.05, 0.1) is 11.3 Å². The molecule has 1 aromatic carbocycles. The zero-order chi connectivity index (χ0) is 16.8. The van der Waals surface area contributed by atoms with Crippen molar-refractivity contribution in [2.24, 2.45) is 5.92 Å². The van der Waals surface area contributed by atoms with E-state index in [0.717, 1.165) is 12.8 Å². The summed E-state index contributed by atoms with van der Waals surface area (Å²) in [5, 5.41) is 12.1. The molecule has 5 heteroatoms. The normalized spacial score (nSPS) is 23.8. The standard InChI is InChI=1S/C19H18N2O3/c1-10-12(19(23)24)8-9-15(20-10)18(22)21-17-14-7-6-11-4-2-3-5-13(11)16(14)17/h2-5,8-9,14,16-17H,6-7H2,1H3,(H,21,22)(H,23,24). The third kappa shape index (κ3) is 2.37. The fourth-order valence-electron chi connectivity index (χ4n) is 3.90. The number of hydrogen-bond acceptors (Lipinski definition) is 3. The van der Waals surface area contributed by atoms with Gasteiger partial charge in [-0.3, -0.25) is 4.79 Å². The van der Waals surface area contributed by atoms with Gasteiger partial charge in [-0.1, -0.05) is 24.3 Å². The molecule has 1 aromatic heterocycles. The average Bonchev–Trinajstić information content (AvgIpc) is 3.28. The van der Waals surface area contributed by atoms with Crippen molar-refractivity contribution in [1.82, 2.24) is 10.3 Å². The van der Waals surface area contributed by atoms with Gasteiger partial charge < -0.3 is 10.4 Å². The number of benzene rings is 1. The van der Waals surface area contributed by atoms with E-state index in [1.54, 1.807) is 6.92 Å². The molecule has 24 heavy (non-hydrogen) atoms. The van der Waals surface area contributed by atoms with E-state index in [0.29, 0.717) is 17.5 Å². The molecule has 4 rings (SSSR count). The summed E-state index contributed by atoms with van der Waals surface area (Å²) < 4.78 is 0. The molecule has 1 fully saturated rings. The highest BCUT2D eigenvalue weighted by molar-refractivity contribution is 5.95. The van der Waals surface area contributed by atoms with E-state index in [-0.39, 0.29) is 23.2 Å². The number of carbonyl (C=O) groups is 2. The maximum Gasteiger partial charge on any atom is 0.337 e. The van der Waals surface area contributed by atoms with Crippen molar-refractivity contribution in [2.75, 3.05) is 0 Å². The zero-order valence-corrected chi connectivity index (χ0v) is 13.3. The van der Waals surface area contributed by atoms with Crippen LogP contribution in [0.2, 0.25) is 0 Å². The number of carbonyl (C=O) groups excluding carboxylic acids is 1. The highest BCUT2D eigenvalue weighted by Gasteiger charge is 2.53. The summed E-state index contributed by atoms with van der Waals surface area (Å²) in [6.07, 6.45) is 2.16. The number of pyridine rings is 1. The lowest BCUT2D eigenvalue weighted by Gasteiger charge is -2.13. The third-order valence-electron chi connectivity index (χ3n) is 5.18. The Bertz CT molecular complexity index is 846. The molecule has 0 radical (unpaired) electrons. The number of carboxylic acids is 1. The van der Waals surface area contributed by atoms with Gasteiger partial charge in [-0.25, -0.2) is 9.78 Å². The summed E-state index contributed by atoms with van der Waals surface area (Å²) in [4.78, 5) is 27.6. The minimum atomic E-state index is -1.03. The number of fused-ring (bicyclic) bond motifs is 3. The quantitative estimate of drug-likeness (QED) is 0.910. The second kappa shape index (κ2) is 5.44. The maximum atomic E-state index is 12.5. The van der Waals surface area contributed by atoms with Crippen molar-refractivity contribution in [1.29, 1.82) is 0 Å². The Labute approximate surface area is 139 Å². The van der Waals surface area contributed by atoms with E-state index in [4.69, 9.17) is 5.11 Å². The summed E-state index contributed by atoms with van der Waals surface area (Å²) in [7, 11) is 0. The number of nitrogens with zero attached hydrogens (tertiary/aromatic N) is 1. The van der Waals surface area contributed by atoms with Crippen molar-refractivity contribution in [3.05, 3.63) is 64.5 Å². The first-order chi connectivity index (χ1) is 11.6. The molecule has 0 spiro atoms. The summed E-state index contributed by atoms with van der Waals surface area (Å²) >= 11 is 0. The van der Waals surface area contributed by atoms with Crippen LogP contribution in [-0.2, 0) is 6.42 Å². The Balaban J connectivity index is 1.51. The lowest BCUT2D eigenvalue weighted by molar-refractivity contribution is 0.0694. The molecular weight excluding hydrogens is 304 g/mol. The molecule has 1 amide bonds. The van der Waals surface area contributed by atoms with E-state index < -0.39 is 5.97 Å². The van der Waals surface area contributed by atoms with Crippen LogP contribution in [0, 0.1) is 12.8 Å². The number of aromatic nitrogens is 1. The molecule has 2 aliphatic carbocycles. The molecule has 1 saturated carbocycles. The van der Waals surface area contributed by atoms with Crippen LogP contribution in [0.25, 0.3) is 0 Å². The molecule has 3 atom stereocenters. The topological polar surface area (TPSA) is 79.3 Å². The summed E-state index contributed by atoms with van der Waals surface area (Å²) in [5.41, 5.74) is 3.49. The van der Waals surface area contributed by atoms with E-state index >= 15 is 0 Å². The Morgan fingerprint density at radius 3 is 2.75 bits per heavy atom. The van der Waals surface area contributed by atoms with Crippen molar-refractivity contribution in [3.63, 3.8) is 0 Å². The largest absolute Gasteiger partial charge is 0.478 e. The molecule has 0 bridgehead atoms. The fourth-order valence-corrected chi connectivity index (χ4v) is 3.90. The first-order valence-corrected chi connectivity index (χ1v) is 8.16. The van der Waals surface area contributed by atoms with Crippen molar-refractivity contribution in [3.8, 4) is 0 Å². The molecule has 2 N–H and O–H groups in total. The van der Waals surface area contributed by atoms with Crippen LogP contribution in [-0.4, -0.2) is 28.0 Å². The van der Waals surface area contributed by atoms with Gasteiger partial charge in [0, 0.05) is 12.0 Å². The lowest BCUT2D eigenvalue weighted by Crippen LogP contribution is -2.28. The van der Waals surface area contributed by atoms with Crippen LogP contribution in [0.15, 0.2) is 36.4 Å². The Morgan fingerprint density at radius 2 is 2.00 bits per heavy atom. The second-order valence-corrected chi connectivity index (χ2v) is 6.56. The summed E-state index contributed by atoms with van der Waals surface area (Å²) in [6.45, 7) is 1.60. The Kier molecular flexibility index (Phi) is 3.37. The molecular formula is C19H18N2O3. The number of hydrogen-bond donors (Lipinski definition) is 2. The van der Waals surface area contributed by atoms with Crippen LogP contribution in [0.1, 0.15) is 50.0 Å². The molecule has 0 aliphatic heterocycles. The smallest absolute Gasteiger partial charge is 0.337 e.